The van der Waals surface area contributed by atoms with E-state index in [4.69, 9.17) is 16.7 Å². The lowest BCUT2D eigenvalue weighted by Gasteiger charge is -2.21. The second-order valence-corrected chi connectivity index (χ2v) is 6.52. The molecule has 0 spiro atoms. The van der Waals surface area contributed by atoms with Crippen LogP contribution in [0.4, 0.5) is 10.5 Å². The van der Waals surface area contributed by atoms with Crippen LogP contribution in [0.15, 0.2) is 18.2 Å². The highest BCUT2D eigenvalue weighted by atomic mass is 35.5. The second-order valence-electron chi connectivity index (χ2n) is 4.89. The van der Waals surface area contributed by atoms with Crippen LogP contribution >= 0.6 is 23.4 Å². The number of hydrogen-bond donors (Lipinski definition) is 3. The fraction of sp³-hybridized carbons (Fsp3) is 0.429. The molecule has 0 bridgehead atoms. The largest absolute Gasteiger partial charge is 0.478 e. The lowest BCUT2D eigenvalue weighted by molar-refractivity contribution is 0.0697. The van der Waals surface area contributed by atoms with Crippen LogP contribution in [0.5, 0.6) is 0 Å². The Morgan fingerprint density at radius 3 is 2.71 bits per heavy atom. The Balaban J connectivity index is 1.87. The molecule has 1 heterocycles. The highest BCUT2D eigenvalue weighted by Crippen LogP contribution is 2.22. The monoisotopic (exact) mass is 328 g/mol. The number of carbonyl (C=O) groups is 2. The van der Waals surface area contributed by atoms with E-state index in [9.17, 15) is 9.59 Å². The Morgan fingerprint density at radius 1 is 1.33 bits per heavy atom. The summed E-state index contributed by atoms with van der Waals surface area (Å²) in [6.07, 6.45) is 2.24. The van der Waals surface area contributed by atoms with Gasteiger partial charge in [0.15, 0.2) is 0 Å². The van der Waals surface area contributed by atoms with Gasteiger partial charge in [-0.2, -0.15) is 11.8 Å². The third kappa shape index (κ3) is 4.82. The molecule has 5 nitrogen and oxygen atoms in total. The number of anilines is 1. The lowest BCUT2D eigenvalue weighted by Crippen LogP contribution is -2.34. The maximum absolute atomic E-state index is 11.8. The molecular weight excluding hydrogens is 312 g/mol. The van der Waals surface area contributed by atoms with Crippen molar-refractivity contribution in [3.63, 3.8) is 0 Å². The topological polar surface area (TPSA) is 78.4 Å². The first-order valence-corrected chi connectivity index (χ1v) is 8.25. The molecule has 1 aliphatic rings. The summed E-state index contributed by atoms with van der Waals surface area (Å²) in [6, 6.07) is 4.05. The van der Waals surface area contributed by atoms with Gasteiger partial charge in [0.1, 0.15) is 0 Å². The van der Waals surface area contributed by atoms with Crippen LogP contribution in [0.3, 0.4) is 0 Å². The van der Waals surface area contributed by atoms with Crippen LogP contribution < -0.4 is 10.6 Å². The minimum absolute atomic E-state index is 0.0289. The van der Waals surface area contributed by atoms with Crippen molar-refractivity contribution in [3.8, 4) is 0 Å². The number of urea groups is 1. The van der Waals surface area contributed by atoms with Crippen LogP contribution in [0.1, 0.15) is 23.2 Å². The van der Waals surface area contributed by atoms with Crippen LogP contribution in [-0.2, 0) is 0 Å². The molecule has 2 rings (SSSR count). The molecule has 7 heteroatoms. The van der Waals surface area contributed by atoms with Gasteiger partial charge < -0.3 is 15.7 Å². The zero-order chi connectivity index (χ0) is 15.2. The summed E-state index contributed by atoms with van der Waals surface area (Å²) in [4.78, 5) is 22.8. The summed E-state index contributed by atoms with van der Waals surface area (Å²) in [5.41, 5.74) is 0.382. The van der Waals surface area contributed by atoms with Gasteiger partial charge in [0.25, 0.3) is 0 Å². The average molecular weight is 329 g/mol. The predicted octanol–water partition coefficient (Wildman–Crippen LogP) is 3.30. The van der Waals surface area contributed by atoms with Gasteiger partial charge in [-0.15, -0.1) is 0 Å². The summed E-state index contributed by atoms with van der Waals surface area (Å²) in [6.45, 7) is 0.645. The fourth-order valence-electron chi connectivity index (χ4n) is 2.13. The molecule has 2 amide bonds. The van der Waals surface area contributed by atoms with Gasteiger partial charge in [0.05, 0.1) is 10.6 Å². The molecule has 0 unspecified atom stereocenters. The number of benzene rings is 1. The standard InChI is InChI=1S/C14H17ClN2O3S/c15-12-2-1-10(7-11(12)13(18)19)17-14(20)16-8-9-3-5-21-6-4-9/h1-2,7,9H,3-6,8H2,(H,18,19)(H2,16,17,20). The highest BCUT2D eigenvalue weighted by Gasteiger charge is 2.15. The molecule has 0 radical (unpaired) electrons. The molecule has 114 valence electrons. The summed E-state index contributed by atoms with van der Waals surface area (Å²) in [5, 5.41) is 14.6. The third-order valence-electron chi connectivity index (χ3n) is 3.35. The van der Waals surface area contributed by atoms with E-state index in [1.165, 1.54) is 12.1 Å². The van der Waals surface area contributed by atoms with Crippen molar-refractivity contribution in [1.82, 2.24) is 5.32 Å². The van der Waals surface area contributed by atoms with Gasteiger partial charge in [-0.05, 0) is 48.5 Å². The second kappa shape index (κ2) is 7.56. The molecule has 1 aliphatic heterocycles. The maximum Gasteiger partial charge on any atom is 0.337 e. The van der Waals surface area contributed by atoms with E-state index < -0.39 is 5.97 Å². The molecule has 0 saturated carbocycles. The van der Waals surface area contributed by atoms with Gasteiger partial charge in [0, 0.05) is 12.2 Å². The predicted molar refractivity (Wildman–Crippen MR) is 85.5 cm³/mol. The van der Waals surface area contributed by atoms with Crippen LogP contribution in [0.25, 0.3) is 0 Å². The van der Waals surface area contributed by atoms with Crippen molar-refractivity contribution in [2.45, 2.75) is 12.8 Å². The molecule has 0 atom stereocenters. The van der Waals surface area contributed by atoms with E-state index in [1.807, 2.05) is 11.8 Å². The molecule has 3 N–H and O–H groups in total. The van der Waals surface area contributed by atoms with E-state index in [0.29, 0.717) is 18.2 Å². The summed E-state index contributed by atoms with van der Waals surface area (Å²) >= 11 is 7.72. The smallest absolute Gasteiger partial charge is 0.337 e. The minimum atomic E-state index is -1.12. The Labute approximate surface area is 132 Å². The summed E-state index contributed by atoms with van der Waals surface area (Å²) in [7, 11) is 0. The van der Waals surface area contributed by atoms with Crippen molar-refractivity contribution in [2.24, 2.45) is 5.92 Å². The van der Waals surface area contributed by atoms with Crippen LogP contribution in [0.2, 0.25) is 5.02 Å². The number of halogens is 1. The number of carboxylic acid groups (broad SMARTS) is 1. The molecule has 21 heavy (non-hydrogen) atoms. The van der Waals surface area contributed by atoms with E-state index in [0.717, 1.165) is 24.3 Å². The van der Waals surface area contributed by atoms with Gasteiger partial charge in [-0.3, -0.25) is 0 Å². The van der Waals surface area contributed by atoms with Crippen LogP contribution in [0, 0.1) is 5.92 Å². The Kier molecular flexibility index (Phi) is 5.76. The average Bonchev–Trinajstić information content (AvgIpc) is 2.48. The number of rotatable bonds is 4. The lowest BCUT2D eigenvalue weighted by atomic mass is 10.0. The van der Waals surface area contributed by atoms with Gasteiger partial charge in [-0.1, -0.05) is 11.6 Å². The van der Waals surface area contributed by atoms with Crippen molar-refractivity contribution in [3.05, 3.63) is 28.8 Å². The van der Waals surface area contributed by atoms with E-state index in [-0.39, 0.29) is 16.6 Å². The number of carboxylic acids is 1. The summed E-state index contributed by atoms with van der Waals surface area (Å²) in [5.74, 6) is 1.70. The van der Waals surface area contributed by atoms with Gasteiger partial charge in [-0.25, -0.2) is 9.59 Å². The molecule has 0 aliphatic carbocycles. The zero-order valence-corrected chi connectivity index (χ0v) is 13.0. The van der Waals surface area contributed by atoms with Crippen molar-refractivity contribution < 1.29 is 14.7 Å². The number of amides is 2. The van der Waals surface area contributed by atoms with Crippen molar-refractivity contribution in [2.75, 3.05) is 23.4 Å². The van der Waals surface area contributed by atoms with E-state index in [2.05, 4.69) is 10.6 Å². The van der Waals surface area contributed by atoms with E-state index >= 15 is 0 Å². The number of aromatic carboxylic acids is 1. The maximum atomic E-state index is 11.8. The molecule has 1 aromatic carbocycles. The SMILES string of the molecule is O=C(NCC1CCSCC1)Nc1ccc(Cl)c(C(=O)O)c1. The Hall–Kier alpha value is -1.40. The van der Waals surface area contributed by atoms with Gasteiger partial charge in [0.2, 0.25) is 0 Å². The van der Waals surface area contributed by atoms with Crippen LogP contribution in [-0.4, -0.2) is 35.2 Å². The molecule has 0 aromatic heterocycles. The normalized spacial score (nSPS) is 15.5. The molecular formula is C14H17ClN2O3S. The Morgan fingerprint density at radius 2 is 2.05 bits per heavy atom. The molecule has 1 saturated heterocycles. The number of hydrogen-bond acceptors (Lipinski definition) is 3. The number of thioether (sulfide) groups is 1. The number of nitrogens with one attached hydrogen (secondary N) is 2. The fourth-order valence-corrected chi connectivity index (χ4v) is 3.53. The molecule has 1 fully saturated rings. The molecule has 1 aromatic rings. The Bertz CT molecular complexity index is 533. The van der Waals surface area contributed by atoms with Crippen molar-refractivity contribution in [1.29, 1.82) is 0 Å². The van der Waals surface area contributed by atoms with E-state index in [1.54, 1.807) is 6.07 Å². The van der Waals surface area contributed by atoms with Crippen molar-refractivity contribution >= 4 is 41.1 Å². The first-order chi connectivity index (χ1) is 10.1. The third-order valence-corrected chi connectivity index (χ3v) is 4.73. The quantitative estimate of drug-likeness (QED) is 0.792. The number of carbonyl (C=O) groups excluding carboxylic acids is 1. The summed E-state index contributed by atoms with van der Waals surface area (Å²) < 4.78 is 0. The highest BCUT2D eigenvalue weighted by molar-refractivity contribution is 7.99. The van der Waals surface area contributed by atoms with Gasteiger partial charge >= 0.3 is 12.0 Å². The zero-order valence-electron chi connectivity index (χ0n) is 11.4. The first kappa shape index (κ1) is 16.0. The first-order valence-electron chi connectivity index (χ1n) is 6.71. The minimum Gasteiger partial charge on any atom is -0.478 e.